The minimum absolute atomic E-state index is 0.0468. The van der Waals surface area contributed by atoms with Crippen molar-refractivity contribution < 1.29 is 14.3 Å². The molecule has 7 nitrogen and oxygen atoms in total. The number of hydrogen-bond acceptors (Lipinski definition) is 5. The summed E-state index contributed by atoms with van der Waals surface area (Å²) in [4.78, 5) is 39.4. The van der Waals surface area contributed by atoms with Crippen LogP contribution in [0.15, 0.2) is 89.7 Å². The summed E-state index contributed by atoms with van der Waals surface area (Å²) in [7, 11) is 1.54. The SMILES string of the molecule is CCn1nc(-c2ccccc2)c(-c2ccccc2)c(C(=O)NCC(=O)c2ccc(OC)cc2)c1=O. The van der Waals surface area contributed by atoms with E-state index >= 15 is 0 Å². The van der Waals surface area contributed by atoms with E-state index in [0.29, 0.717) is 34.7 Å². The van der Waals surface area contributed by atoms with Crippen molar-refractivity contribution in [1.29, 1.82) is 0 Å². The first-order chi connectivity index (χ1) is 17.0. The molecule has 1 amide bonds. The highest BCUT2D eigenvalue weighted by Gasteiger charge is 2.25. The van der Waals surface area contributed by atoms with Gasteiger partial charge in [-0.1, -0.05) is 60.7 Å². The molecule has 0 atom stereocenters. The number of nitrogens with one attached hydrogen (secondary N) is 1. The number of nitrogens with zero attached hydrogens (tertiary/aromatic N) is 2. The molecule has 1 N–H and O–H groups in total. The van der Waals surface area contributed by atoms with Crippen molar-refractivity contribution in [1.82, 2.24) is 15.1 Å². The van der Waals surface area contributed by atoms with Gasteiger partial charge in [0.15, 0.2) is 5.78 Å². The molecule has 0 spiro atoms. The number of aryl methyl sites for hydroxylation is 1. The number of ether oxygens (including phenoxy) is 1. The van der Waals surface area contributed by atoms with Gasteiger partial charge in [-0.25, -0.2) is 4.68 Å². The third-order valence-electron chi connectivity index (χ3n) is 5.61. The van der Waals surface area contributed by atoms with E-state index in [0.717, 1.165) is 5.56 Å². The summed E-state index contributed by atoms with van der Waals surface area (Å²) in [6.07, 6.45) is 0. The fraction of sp³-hybridized carbons (Fsp3) is 0.143. The summed E-state index contributed by atoms with van der Waals surface area (Å²) in [5, 5.41) is 7.23. The molecule has 35 heavy (non-hydrogen) atoms. The number of ketones is 1. The zero-order valence-electron chi connectivity index (χ0n) is 19.5. The van der Waals surface area contributed by atoms with Crippen LogP contribution in [0.5, 0.6) is 5.75 Å². The van der Waals surface area contributed by atoms with Gasteiger partial charge in [0.2, 0.25) is 0 Å². The fourth-order valence-electron chi connectivity index (χ4n) is 3.81. The Bertz CT molecular complexity index is 1400. The van der Waals surface area contributed by atoms with Crippen LogP contribution in [0.3, 0.4) is 0 Å². The molecule has 1 aromatic heterocycles. The number of carbonyl (C=O) groups excluding carboxylic acids is 2. The van der Waals surface area contributed by atoms with Crippen LogP contribution in [0.1, 0.15) is 27.6 Å². The maximum absolute atomic E-state index is 13.4. The van der Waals surface area contributed by atoms with Gasteiger partial charge >= 0.3 is 0 Å². The van der Waals surface area contributed by atoms with Crippen LogP contribution < -0.4 is 15.6 Å². The van der Waals surface area contributed by atoms with Gasteiger partial charge in [-0.2, -0.15) is 5.10 Å². The molecule has 3 aromatic carbocycles. The fourth-order valence-corrected chi connectivity index (χ4v) is 3.81. The van der Waals surface area contributed by atoms with Crippen molar-refractivity contribution in [3.63, 3.8) is 0 Å². The number of hydrogen-bond donors (Lipinski definition) is 1. The molecule has 0 unspecified atom stereocenters. The molecular weight excluding hydrogens is 442 g/mol. The molecule has 1 heterocycles. The first-order valence-corrected chi connectivity index (χ1v) is 11.2. The lowest BCUT2D eigenvalue weighted by atomic mass is 9.95. The standard InChI is InChI=1S/C28H25N3O4/c1-3-31-28(34)25(27(33)29-18-23(32)19-14-16-22(35-2)17-15-19)24(20-10-6-4-7-11-20)26(30-31)21-12-8-5-9-13-21/h4-17H,3,18H2,1-2H3,(H,29,33). The second-order valence-corrected chi connectivity index (χ2v) is 7.79. The summed E-state index contributed by atoms with van der Waals surface area (Å²) in [5.41, 5.74) is 2.28. The molecule has 0 aliphatic carbocycles. The van der Waals surface area contributed by atoms with E-state index in [2.05, 4.69) is 10.4 Å². The summed E-state index contributed by atoms with van der Waals surface area (Å²) >= 11 is 0. The lowest BCUT2D eigenvalue weighted by molar-refractivity contribution is 0.0903. The van der Waals surface area contributed by atoms with Gasteiger partial charge in [0.25, 0.3) is 11.5 Å². The maximum Gasteiger partial charge on any atom is 0.280 e. The molecule has 0 aliphatic rings. The molecule has 0 fully saturated rings. The number of rotatable bonds is 8. The molecule has 176 valence electrons. The van der Waals surface area contributed by atoms with Gasteiger partial charge in [-0.3, -0.25) is 14.4 Å². The third-order valence-corrected chi connectivity index (χ3v) is 5.61. The summed E-state index contributed by atoms with van der Waals surface area (Å²) < 4.78 is 6.39. The Labute approximate surface area is 203 Å². The van der Waals surface area contributed by atoms with Gasteiger partial charge in [0.1, 0.15) is 11.3 Å². The number of amides is 1. The minimum Gasteiger partial charge on any atom is -0.497 e. The largest absolute Gasteiger partial charge is 0.497 e. The van der Waals surface area contributed by atoms with E-state index in [9.17, 15) is 14.4 Å². The van der Waals surface area contributed by atoms with Crippen molar-refractivity contribution in [3.05, 3.63) is 106 Å². The Hall–Kier alpha value is -4.52. The van der Waals surface area contributed by atoms with Crippen molar-refractivity contribution in [3.8, 4) is 28.1 Å². The van der Waals surface area contributed by atoms with Crippen LogP contribution in [0.2, 0.25) is 0 Å². The highest BCUT2D eigenvalue weighted by atomic mass is 16.5. The minimum atomic E-state index is -0.627. The van der Waals surface area contributed by atoms with E-state index in [4.69, 9.17) is 4.74 Å². The average Bonchev–Trinajstić information content (AvgIpc) is 2.92. The summed E-state index contributed by atoms with van der Waals surface area (Å²) in [6.45, 7) is 1.83. The van der Waals surface area contributed by atoms with Crippen molar-refractivity contribution in [2.75, 3.05) is 13.7 Å². The normalized spacial score (nSPS) is 10.6. The molecule has 0 bridgehead atoms. The number of methoxy groups -OCH3 is 1. The van der Waals surface area contributed by atoms with Gasteiger partial charge in [0.05, 0.1) is 19.3 Å². The van der Waals surface area contributed by atoms with Crippen LogP contribution in [0.4, 0.5) is 0 Å². The Morgan fingerprint density at radius 1 is 0.886 bits per heavy atom. The van der Waals surface area contributed by atoms with Gasteiger partial charge in [-0.15, -0.1) is 0 Å². The molecule has 7 heteroatoms. The first kappa shape index (κ1) is 23.6. The molecule has 0 aliphatic heterocycles. The Morgan fingerprint density at radius 2 is 1.49 bits per heavy atom. The summed E-state index contributed by atoms with van der Waals surface area (Å²) in [5.74, 6) is -0.281. The Morgan fingerprint density at radius 3 is 2.06 bits per heavy atom. The van der Waals surface area contributed by atoms with Crippen molar-refractivity contribution in [2.45, 2.75) is 13.5 Å². The molecule has 4 rings (SSSR count). The van der Waals surface area contributed by atoms with Gasteiger partial charge < -0.3 is 10.1 Å². The maximum atomic E-state index is 13.4. The zero-order valence-corrected chi connectivity index (χ0v) is 19.5. The third kappa shape index (κ3) is 5.04. The highest BCUT2D eigenvalue weighted by Crippen LogP contribution is 2.32. The first-order valence-electron chi connectivity index (χ1n) is 11.2. The predicted octanol–water partition coefficient (Wildman–Crippen LogP) is 4.22. The van der Waals surface area contributed by atoms with Crippen LogP contribution in [0, 0.1) is 0 Å². The Balaban J connectivity index is 1.77. The lowest BCUT2D eigenvalue weighted by Crippen LogP contribution is -2.37. The number of Topliss-reactive ketones (excluding diaryl/α,β-unsaturated/α-hetero) is 1. The number of benzene rings is 3. The van der Waals surface area contributed by atoms with Crippen LogP contribution in [-0.2, 0) is 6.54 Å². The Kier molecular flexibility index (Phi) is 7.16. The van der Waals surface area contributed by atoms with E-state index < -0.39 is 11.5 Å². The lowest BCUT2D eigenvalue weighted by Gasteiger charge is -2.16. The van der Waals surface area contributed by atoms with Crippen LogP contribution >= 0.6 is 0 Å². The highest BCUT2D eigenvalue weighted by molar-refractivity contribution is 6.06. The molecule has 0 saturated heterocycles. The van der Waals surface area contributed by atoms with Crippen LogP contribution in [0.25, 0.3) is 22.4 Å². The molecule has 0 radical (unpaired) electrons. The summed E-state index contributed by atoms with van der Waals surface area (Å²) in [6, 6.07) is 25.2. The molecule has 0 saturated carbocycles. The van der Waals surface area contributed by atoms with E-state index in [1.807, 2.05) is 60.7 Å². The van der Waals surface area contributed by atoms with E-state index in [1.165, 1.54) is 4.68 Å². The zero-order chi connectivity index (χ0) is 24.8. The monoisotopic (exact) mass is 467 g/mol. The number of aromatic nitrogens is 2. The topological polar surface area (TPSA) is 90.3 Å². The van der Waals surface area contributed by atoms with Crippen molar-refractivity contribution >= 4 is 11.7 Å². The van der Waals surface area contributed by atoms with Gasteiger partial charge in [0, 0.05) is 23.2 Å². The van der Waals surface area contributed by atoms with E-state index in [-0.39, 0.29) is 17.9 Å². The van der Waals surface area contributed by atoms with Crippen LogP contribution in [-0.4, -0.2) is 35.1 Å². The average molecular weight is 468 g/mol. The quantitative estimate of drug-likeness (QED) is 0.392. The van der Waals surface area contributed by atoms with Crippen molar-refractivity contribution in [2.24, 2.45) is 0 Å². The molecular formula is C28H25N3O4. The van der Waals surface area contributed by atoms with E-state index in [1.54, 1.807) is 38.3 Å². The predicted molar refractivity (Wildman–Crippen MR) is 135 cm³/mol. The van der Waals surface area contributed by atoms with Gasteiger partial charge in [-0.05, 0) is 36.8 Å². The second kappa shape index (κ2) is 10.6. The molecule has 4 aromatic rings. The second-order valence-electron chi connectivity index (χ2n) is 7.79. The smallest absolute Gasteiger partial charge is 0.280 e. The number of carbonyl (C=O) groups is 2.